The number of esters is 2. The molecule has 176 valence electrons. The van der Waals surface area contributed by atoms with Crippen molar-refractivity contribution >= 4 is 18.2 Å². The lowest BCUT2D eigenvalue weighted by atomic mass is 9.41. The highest BCUT2D eigenvalue weighted by atomic mass is 16.5. The van der Waals surface area contributed by atoms with Gasteiger partial charge < -0.3 is 24.5 Å². The number of aliphatic hydroxyl groups is 2. The summed E-state index contributed by atoms with van der Waals surface area (Å²) in [6, 6.07) is 0. The number of carbonyl (C=O) groups is 3. The van der Waals surface area contributed by atoms with E-state index >= 15 is 0 Å². The van der Waals surface area contributed by atoms with Crippen LogP contribution in [0.3, 0.4) is 0 Å². The molecule has 2 N–H and O–H groups in total. The highest BCUT2D eigenvalue weighted by molar-refractivity contribution is 5.85. The van der Waals surface area contributed by atoms with Crippen LogP contribution in [0, 0.1) is 28.6 Å². The third-order valence-electron chi connectivity index (χ3n) is 10.2. The molecule has 0 amide bonds. The van der Waals surface area contributed by atoms with Gasteiger partial charge in [0.25, 0.3) is 0 Å². The first-order valence-electron chi connectivity index (χ1n) is 12.0. The molecule has 7 nitrogen and oxygen atoms in total. The van der Waals surface area contributed by atoms with Gasteiger partial charge >= 0.3 is 11.9 Å². The molecule has 1 aliphatic heterocycles. The highest BCUT2D eigenvalue weighted by Gasteiger charge is 2.71. The van der Waals surface area contributed by atoms with Crippen molar-refractivity contribution in [3.8, 4) is 0 Å². The Bertz CT molecular complexity index is 882. The molecule has 0 aromatic heterocycles. The molecule has 0 bridgehead atoms. The first kappa shape index (κ1) is 22.1. The standard InChI is InChI=1S/C25H34O7/c1-15(27)32-17-3-8-23(14-26)19-4-7-22(2)18(16-11-21(28)31-13-16)6-10-25(22,30)20(19)5-9-24(23,29)12-17/h11,14,17-20,29-30H,3-10,12-13H2,1-2H3/t17-,18+,19-,20+,22+,23-,24-,25-/m1/s1. The second kappa shape index (κ2) is 7.13. The number of fused-ring (bicyclic) bond motifs is 5. The monoisotopic (exact) mass is 446 g/mol. The molecule has 0 spiro atoms. The number of rotatable bonds is 3. The number of aldehydes is 1. The molecule has 7 heteroatoms. The van der Waals surface area contributed by atoms with Crippen molar-refractivity contribution < 1.29 is 34.1 Å². The molecule has 4 fully saturated rings. The maximum atomic E-state index is 12.7. The number of hydrogen-bond acceptors (Lipinski definition) is 7. The molecule has 0 unspecified atom stereocenters. The maximum Gasteiger partial charge on any atom is 0.331 e. The van der Waals surface area contributed by atoms with E-state index < -0.39 is 16.6 Å². The van der Waals surface area contributed by atoms with Gasteiger partial charge in [0.05, 0.1) is 16.6 Å². The van der Waals surface area contributed by atoms with Gasteiger partial charge in [-0.25, -0.2) is 4.79 Å². The van der Waals surface area contributed by atoms with Crippen LogP contribution in [0.5, 0.6) is 0 Å². The van der Waals surface area contributed by atoms with Crippen molar-refractivity contribution in [1.29, 1.82) is 0 Å². The zero-order chi connectivity index (χ0) is 22.9. The van der Waals surface area contributed by atoms with Gasteiger partial charge in [-0.2, -0.15) is 0 Å². The fraction of sp³-hybridized carbons (Fsp3) is 0.800. The van der Waals surface area contributed by atoms with Crippen molar-refractivity contribution in [2.24, 2.45) is 28.6 Å². The van der Waals surface area contributed by atoms with Crippen LogP contribution in [0.15, 0.2) is 11.6 Å². The predicted octanol–water partition coefficient (Wildman–Crippen LogP) is 2.47. The van der Waals surface area contributed by atoms with E-state index in [0.717, 1.165) is 31.1 Å². The Labute approximate surface area is 188 Å². The fourth-order valence-corrected chi connectivity index (χ4v) is 8.65. The van der Waals surface area contributed by atoms with Crippen molar-refractivity contribution in [3.63, 3.8) is 0 Å². The average Bonchev–Trinajstić information content (AvgIpc) is 3.27. The van der Waals surface area contributed by atoms with Crippen LogP contribution in [0.1, 0.15) is 71.6 Å². The van der Waals surface area contributed by atoms with E-state index in [9.17, 15) is 24.6 Å². The van der Waals surface area contributed by atoms with E-state index in [1.807, 2.05) is 0 Å². The Balaban J connectivity index is 1.46. The van der Waals surface area contributed by atoms with Crippen molar-refractivity contribution in [2.75, 3.05) is 6.61 Å². The first-order chi connectivity index (χ1) is 15.1. The summed E-state index contributed by atoms with van der Waals surface area (Å²) in [6.45, 7) is 3.81. The molecular formula is C25H34O7. The minimum absolute atomic E-state index is 0.0828. The molecule has 4 saturated carbocycles. The molecular weight excluding hydrogens is 412 g/mol. The van der Waals surface area contributed by atoms with Crippen molar-refractivity contribution in [2.45, 2.75) is 88.9 Å². The molecule has 32 heavy (non-hydrogen) atoms. The van der Waals surface area contributed by atoms with Gasteiger partial charge in [0.2, 0.25) is 0 Å². The summed E-state index contributed by atoms with van der Waals surface area (Å²) in [6.07, 6.45) is 7.44. The smallest absolute Gasteiger partial charge is 0.331 e. The van der Waals surface area contributed by atoms with Crippen LogP contribution in [-0.4, -0.2) is 52.4 Å². The van der Waals surface area contributed by atoms with Gasteiger partial charge in [-0.15, -0.1) is 0 Å². The lowest BCUT2D eigenvalue weighted by Crippen LogP contribution is -2.69. The lowest BCUT2D eigenvalue weighted by Gasteiger charge is -2.65. The van der Waals surface area contributed by atoms with Gasteiger partial charge in [-0.1, -0.05) is 6.92 Å². The number of hydrogen-bond donors (Lipinski definition) is 2. The van der Waals surface area contributed by atoms with E-state index in [4.69, 9.17) is 9.47 Å². The van der Waals surface area contributed by atoms with Crippen LogP contribution in [-0.2, 0) is 23.9 Å². The van der Waals surface area contributed by atoms with Crippen LogP contribution in [0.4, 0.5) is 0 Å². The van der Waals surface area contributed by atoms with Gasteiger partial charge in [-0.3, -0.25) is 4.79 Å². The second-order valence-corrected chi connectivity index (χ2v) is 11.2. The minimum Gasteiger partial charge on any atom is -0.462 e. The quantitative estimate of drug-likeness (QED) is 0.506. The molecule has 4 aliphatic carbocycles. The van der Waals surface area contributed by atoms with Crippen molar-refractivity contribution in [1.82, 2.24) is 0 Å². The second-order valence-electron chi connectivity index (χ2n) is 11.2. The summed E-state index contributed by atoms with van der Waals surface area (Å²) in [4.78, 5) is 35.8. The zero-order valence-corrected chi connectivity index (χ0v) is 19.0. The Morgan fingerprint density at radius 2 is 1.88 bits per heavy atom. The summed E-state index contributed by atoms with van der Waals surface area (Å²) in [5.74, 6) is -0.772. The lowest BCUT2D eigenvalue weighted by molar-refractivity contribution is -0.249. The van der Waals surface area contributed by atoms with Gasteiger partial charge in [0, 0.05) is 24.8 Å². The third kappa shape index (κ3) is 2.76. The maximum absolute atomic E-state index is 12.7. The summed E-state index contributed by atoms with van der Waals surface area (Å²) in [5, 5.41) is 23.9. The van der Waals surface area contributed by atoms with Gasteiger partial charge in [0.15, 0.2) is 0 Å². The van der Waals surface area contributed by atoms with Gasteiger partial charge in [0.1, 0.15) is 19.0 Å². The zero-order valence-electron chi connectivity index (χ0n) is 19.0. The normalized spacial score (nSPS) is 49.9. The summed E-state index contributed by atoms with van der Waals surface area (Å²) < 4.78 is 10.6. The largest absolute Gasteiger partial charge is 0.462 e. The van der Waals surface area contributed by atoms with E-state index in [1.54, 1.807) is 6.08 Å². The Morgan fingerprint density at radius 3 is 2.53 bits per heavy atom. The minimum atomic E-state index is -1.22. The SMILES string of the molecule is CC(=O)O[C@@H]1CC[C@@]2(C=O)[C@@H]3CC[C@@]4(C)[C@H](C5=CC(=O)OC5)CC[C@@]4(O)[C@H]3CC[C@@]2(O)C1. The number of cyclic esters (lactones) is 1. The van der Waals surface area contributed by atoms with Crippen LogP contribution >= 0.6 is 0 Å². The molecule has 0 aromatic rings. The van der Waals surface area contributed by atoms with E-state index in [0.29, 0.717) is 38.7 Å². The number of carbonyl (C=O) groups excluding carboxylic acids is 3. The van der Waals surface area contributed by atoms with Crippen LogP contribution in [0.25, 0.3) is 0 Å². The summed E-state index contributed by atoms with van der Waals surface area (Å²) in [7, 11) is 0. The number of ether oxygens (including phenoxy) is 2. The molecule has 1 heterocycles. The Morgan fingerprint density at radius 1 is 1.12 bits per heavy atom. The molecule has 0 radical (unpaired) electrons. The Hall–Kier alpha value is -1.73. The van der Waals surface area contributed by atoms with E-state index in [2.05, 4.69) is 6.92 Å². The molecule has 0 aromatic carbocycles. The van der Waals surface area contributed by atoms with E-state index in [-0.39, 0.29) is 47.6 Å². The fourth-order valence-electron chi connectivity index (χ4n) is 8.65. The summed E-state index contributed by atoms with van der Waals surface area (Å²) in [5.41, 5.74) is -2.50. The first-order valence-corrected chi connectivity index (χ1v) is 12.0. The summed E-state index contributed by atoms with van der Waals surface area (Å²) >= 11 is 0. The van der Waals surface area contributed by atoms with Crippen LogP contribution < -0.4 is 0 Å². The molecule has 5 aliphatic rings. The Kier molecular flexibility index (Phi) is 4.92. The molecule has 8 atom stereocenters. The highest BCUT2D eigenvalue weighted by Crippen LogP contribution is 2.70. The van der Waals surface area contributed by atoms with Crippen molar-refractivity contribution in [3.05, 3.63) is 11.6 Å². The molecule has 0 saturated heterocycles. The molecule has 5 rings (SSSR count). The van der Waals surface area contributed by atoms with E-state index in [1.165, 1.54) is 6.92 Å². The predicted molar refractivity (Wildman–Crippen MR) is 113 cm³/mol. The average molecular weight is 447 g/mol. The van der Waals surface area contributed by atoms with Crippen LogP contribution in [0.2, 0.25) is 0 Å². The van der Waals surface area contributed by atoms with Gasteiger partial charge in [-0.05, 0) is 74.7 Å². The third-order valence-corrected chi connectivity index (χ3v) is 10.2. The topological polar surface area (TPSA) is 110 Å².